The Morgan fingerprint density at radius 2 is 1.73 bits per heavy atom. The van der Waals surface area contributed by atoms with Crippen molar-refractivity contribution in [2.45, 2.75) is 33.3 Å². The molecule has 2 aromatic carbocycles. The molecule has 0 aliphatic carbocycles. The van der Waals surface area contributed by atoms with E-state index in [0.29, 0.717) is 6.42 Å². The first-order chi connectivity index (χ1) is 10.5. The van der Waals surface area contributed by atoms with E-state index < -0.39 is 0 Å². The van der Waals surface area contributed by atoms with Crippen molar-refractivity contribution in [1.82, 2.24) is 0 Å². The van der Waals surface area contributed by atoms with E-state index in [1.54, 1.807) is 6.92 Å². The fourth-order valence-electron chi connectivity index (χ4n) is 2.79. The van der Waals surface area contributed by atoms with Gasteiger partial charge in [0.2, 0.25) is 0 Å². The second kappa shape index (κ2) is 5.80. The highest BCUT2D eigenvalue weighted by Gasteiger charge is 2.25. The lowest BCUT2D eigenvalue weighted by Crippen LogP contribution is -2.24. The minimum absolute atomic E-state index is 0.138. The highest BCUT2D eigenvalue weighted by atomic mass is 16.5. The van der Waals surface area contributed by atoms with E-state index in [4.69, 9.17) is 4.74 Å². The molecule has 1 aliphatic heterocycles. The zero-order valence-electron chi connectivity index (χ0n) is 13.2. The molecule has 1 atom stereocenters. The number of hydrogen-bond donors (Lipinski definition) is 0. The summed E-state index contributed by atoms with van der Waals surface area (Å²) in [6, 6.07) is 14.5. The van der Waals surface area contributed by atoms with Crippen molar-refractivity contribution in [3.05, 3.63) is 64.7 Å². The first kappa shape index (κ1) is 14.6. The van der Waals surface area contributed by atoms with Crippen LogP contribution in [0, 0.1) is 13.8 Å². The molecule has 22 heavy (non-hydrogen) atoms. The molecule has 0 aromatic heterocycles. The molecule has 2 nitrogen and oxygen atoms in total. The van der Waals surface area contributed by atoms with Crippen LogP contribution in [-0.4, -0.2) is 11.9 Å². The van der Waals surface area contributed by atoms with E-state index in [1.807, 2.05) is 12.1 Å². The van der Waals surface area contributed by atoms with Gasteiger partial charge in [-0.25, -0.2) is 0 Å². The lowest BCUT2D eigenvalue weighted by Gasteiger charge is -2.27. The molecule has 1 unspecified atom stereocenters. The van der Waals surface area contributed by atoms with Gasteiger partial charge in [0.25, 0.3) is 0 Å². The Bertz CT molecular complexity index is 739. The maximum atomic E-state index is 11.6. The van der Waals surface area contributed by atoms with Crippen LogP contribution in [0.3, 0.4) is 0 Å². The quantitative estimate of drug-likeness (QED) is 0.827. The molecular weight excluding hydrogens is 272 g/mol. The molecule has 3 rings (SSSR count). The van der Waals surface area contributed by atoms with E-state index >= 15 is 0 Å². The molecule has 0 N–H and O–H groups in total. The summed E-state index contributed by atoms with van der Waals surface area (Å²) < 4.78 is 6.11. The lowest BCUT2D eigenvalue weighted by atomic mass is 9.91. The van der Waals surface area contributed by atoms with Crippen molar-refractivity contribution in [3.63, 3.8) is 0 Å². The molecule has 0 saturated heterocycles. The predicted octanol–water partition coefficient (Wildman–Crippen LogP) is 4.58. The second-order valence-electron chi connectivity index (χ2n) is 6.02. The van der Waals surface area contributed by atoms with Gasteiger partial charge in [0.1, 0.15) is 17.6 Å². The third-order valence-electron chi connectivity index (χ3n) is 3.95. The fourth-order valence-corrected chi connectivity index (χ4v) is 2.79. The number of ketones is 1. The Morgan fingerprint density at radius 3 is 2.41 bits per heavy atom. The third-order valence-corrected chi connectivity index (χ3v) is 3.95. The molecule has 1 aliphatic rings. The molecule has 0 fully saturated rings. The van der Waals surface area contributed by atoms with Crippen LogP contribution in [0.1, 0.15) is 35.6 Å². The Hall–Kier alpha value is -2.35. The van der Waals surface area contributed by atoms with Crippen molar-refractivity contribution in [1.29, 1.82) is 0 Å². The summed E-state index contributed by atoms with van der Waals surface area (Å²) in [4.78, 5) is 11.6. The second-order valence-corrected chi connectivity index (χ2v) is 6.02. The first-order valence-electron chi connectivity index (χ1n) is 7.58. The van der Waals surface area contributed by atoms with Gasteiger partial charge in [0.05, 0.1) is 0 Å². The van der Waals surface area contributed by atoms with Crippen LogP contribution in [0.15, 0.2) is 42.5 Å². The van der Waals surface area contributed by atoms with Crippen molar-refractivity contribution in [2.24, 2.45) is 0 Å². The van der Waals surface area contributed by atoms with E-state index in [2.05, 4.69) is 50.3 Å². The normalized spacial score (nSPS) is 16.5. The van der Waals surface area contributed by atoms with Gasteiger partial charge >= 0.3 is 0 Å². The average molecular weight is 292 g/mol. The zero-order chi connectivity index (χ0) is 15.7. The number of Topliss-reactive ketones (excluding diaryl/α,β-unsaturated/α-hetero) is 1. The highest BCUT2D eigenvalue weighted by Crippen LogP contribution is 2.36. The van der Waals surface area contributed by atoms with Gasteiger partial charge in [-0.15, -0.1) is 0 Å². The van der Waals surface area contributed by atoms with Gasteiger partial charge in [-0.3, -0.25) is 4.79 Å². The van der Waals surface area contributed by atoms with Crippen LogP contribution in [0.5, 0.6) is 5.75 Å². The molecule has 0 spiro atoms. The molecule has 2 heteroatoms. The monoisotopic (exact) mass is 292 g/mol. The van der Waals surface area contributed by atoms with Crippen LogP contribution in [0.4, 0.5) is 0 Å². The third kappa shape index (κ3) is 2.96. The average Bonchev–Trinajstić information content (AvgIpc) is 2.47. The number of hydrogen-bond acceptors (Lipinski definition) is 2. The standard InChI is InChI=1S/C20H20O2/c1-13-4-7-16(8-5-13)18-12-17-10-14(2)6-9-19(17)22-20(18)11-15(3)21/h4-10,12,20H,11H2,1-3H3. The molecule has 0 amide bonds. The van der Waals surface area contributed by atoms with Gasteiger partial charge in [0, 0.05) is 17.6 Å². The molecule has 2 aromatic rings. The van der Waals surface area contributed by atoms with Crippen LogP contribution in [0.25, 0.3) is 11.6 Å². The van der Waals surface area contributed by atoms with Crippen molar-refractivity contribution in [2.75, 3.05) is 0 Å². The molecule has 1 heterocycles. The molecule has 0 radical (unpaired) electrons. The molecule has 112 valence electrons. The zero-order valence-corrected chi connectivity index (χ0v) is 13.2. The van der Waals surface area contributed by atoms with E-state index in [9.17, 15) is 4.79 Å². The Labute approximate surface area is 131 Å². The van der Waals surface area contributed by atoms with Crippen LogP contribution in [0.2, 0.25) is 0 Å². The molecular formula is C20H20O2. The SMILES string of the molecule is CC(=O)CC1Oc2ccc(C)cc2C=C1c1ccc(C)cc1. The summed E-state index contributed by atoms with van der Waals surface area (Å²) in [7, 11) is 0. The number of carbonyl (C=O) groups is 1. The van der Waals surface area contributed by atoms with Gasteiger partial charge < -0.3 is 4.74 Å². The van der Waals surface area contributed by atoms with Crippen molar-refractivity contribution in [3.8, 4) is 5.75 Å². The van der Waals surface area contributed by atoms with Crippen LogP contribution >= 0.6 is 0 Å². The number of benzene rings is 2. The summed E-state index contributed by atoms with van der Waals surface area (Å²) >= 11 is 0. The predicted molar refractivity (Wildman–Crippen MR) is 89.9 cm³/mol. The van der Waals surface area contributed by atoms with Crippen molar-refractivity contribution < 1.29 is 9.53 Å². The number of fused-ring (bicyclic) bond motifs is 1. The van der Waals surface area contributed by atoms with Gasteiger partial charge in [0.15, 0.2) is 0 Å². The smallest absolute Gasteiger partial charge is 0.133 e. The largest absolute Gasteiger partial charge is 0.485 e. The summed E-state index contributed by atoms with van der Waals surface area (Å²) in [6.07, 6.45) is 2.34. The highest BCUT2D eigenvalue weighted by molar-refractivity contribution is 5.90. The van der Waals surface area contributed by atoms with E-state index in [1.165, 1.54) is 11.1 Å². The van der Waals surface area contributed by atoms with E-state index in [-0.39, 0.29) is 11.9 Å². The summed E-state index contributed by atoms with van der Waals surface area (Å²) in [5, 5.41) is 0. The molecule has 0 bridgehead atoms. The Kier molecular flexibility index (Phi) is 3.84. The number of carbonyl (C=O) groups excluding carboxylic acids is 1. The van der Waals surface area contributed by atoms with Gasteiger partial charge in [-0.05, 0) is 44.5 Å². The van der Waals surface area contributed by atoms with Gasteiger partial charge in [-0.2, -0.15) is 0 Å². The van der Waals surface area contributed by atoms with Crippen LogP contribution < -0.4 is 4.74 Å². The minimum Gasteiger partial charge on any atom is -0.485 e. The number of ether oxygens (including phenoxy) is 1. The number of aryl methyl sites for hydroxylation is 2. The fraction of sp³-hybridized carbons (Fsp3) is 0.250. The maximum Gasteiger partial charge on any atom is 0.133 e. The Balaban J connectivity index is 2.07. The minimum atomic E-state index is -0.213. The summed E-state index contributed by atoms with van der Waals surface area (Å²) in [6.45, 7) is 5.75. The van der Waals surface area contributed by atoms with E-state index in [0.717, 1.165) is 22.4 Å². The first-order valence-corrected chi connectivity index (χ1v) is 7.58. The lowest BCUT2D eigenvalue weighted by molar-refractivity contribution is -0.118. The molecule has 0 saturated carbocycles. The Morgan fingerprint density at radius 1 is 1.05 bits per heavy atom. The van der Waals surface area contributed by atoms with Crippen LogP contribution in [-0.2, 0) is 4.79 Å². The van der Waals surface area contributed by atoms with Crippen molar-refractivity contribution >= 4 is 17.4 Å². The summed E-state index contributed by atoms with van der Waals surface area (Å²) in [5.74, 6) is 0.992. The topological polar surface area (TPSA) is 26.3 Å². The maximum absolute atomic E-state index is 11.6. The summed E-state index contributed by atoms with van der Waals surface area (Å²) in [5.41, 5.74) is 5.69. The van der Waals surface area contributed by atoms with Gasteiger partial charge in [-0.1, -0.05) is 41.5 Å². The number of rotatable bonds is 3.